The van der Waals surface area contributed by atoms with Crippen LogP contribution in [0.5, 0.6) is 0 Å². The Hall–Kier alpha value is -1.88. The van der Waals surface area contributed by atoms with Gasteiger partial charge in [-0.25, -0.2) is 13.4 Å². The van der Waals surface area contributed by atoms with Gasteiger partial charge in [0.2, 0.25) is 0 Å². The number of hydrogen-bond donors (Lipinski definition) is 2. The molecular weight excluding hydrogens is 266 g/mol. The van der Waals surface area contributed by atoms with E-state index >= 15 is 0 Å². The lowest BCUT2D eigenvalue weighted by molar-refractivity contribution is 0.366. The molecule has 0 aromatic carbocycles. The predicted molar refractivity (Wildman–Crippen MR) is 75.2 cm³/mol. The largest absolute Gasteiger partial charge is 0.388 e. The number of nitrogens with two attached hydrogens (primary N) is 1. The first-order valence-corrected chi connectivity index (χ1v) is 7.41. The van der Waals surface area contributed by atoms with Crippen molar-refractivity contribution in [1.29, 1.82) is 10.7 Å². The fraction of sp³-hybridized carbons (Fsp3) is 0.545. The van der Waals surface area contributed by atoms with Crippen LogP contribution in [0.2, 0.25) is 0 Å². The van der Waals surface area contributed by atoms with Crippen LogP contribution in [0.15, 0.2) is 15.7 Å². The van der Waals surface area contributed by atoms with Gasteiger partial charge in [-0.15, -0.1) is 0 Å². The maximum atomic E-state index is 11.4. The van der Waals surface area contributed by atoms with E-state index in [4.69, 9.17) is 16.4 Å². The number of sulfone groups is 1. The summed E-state index contributed by atoms with van der Waals surface area (Å²) in [6, 6.07) is 1.45. The average Bonchev–Trinajstić information content (AvgIpc) is 2.24. The summed E-state index contributed by atoms with van der Waals surface area (Å²) in [6.07, 6.45) is 0.890. The van der Waals surface area contributed by atoms with E-state index in [1.165, 1.54) is 5.01 Å². The number of nitrogens with one attached hydrogen (secondary N) is 1. The fourth-order valence-corrected chi connectivity index (χ4v) is 1.68. The minimum atomic E-state index is -3.73. The van der Waals surface area contributed by atoms with E-state index in [1.807, 2.05) is 0 Å². The van der Waals surface area contributed by atoms with Crippen molar-refractivity contribution in [3.05, 3.63) is 10.6 Å². The van der Waals surface area contributed by atoms with E-state index in [0.717, 1.165) is 6.26 Å². The SMILES string of the molecule is CC(C)=NN(C(=N)C(C#N)=C(N)S(C)(=O)=O)C(C)C. The molecule has 106 valence electrons. The lowest BCUT2D eigenvalue weighted by atomic mass is 10.2. The van der Waals surface area contributed by atoms with Crippen molar-refractivity contribution in [2.75, 3.05) is 6.26 Å². The maximum absolute atomic E-state index is 11.4. The van der Waals surface area contributed by atoms with Crippen LogP contribution in [-0.2, 0) is 9.84 Å². The van der Waals surface area contributed by atoms with Crippen molar-refractivity contribution in [2.45, 2.75) is 33.7 Å². The van der Waals surface area contributed by atoms with Gasteiger partial charge in [0.1, 0.15) is 16.7 Å². The minimum Gasteiger partial charge on any atom is -0.388 e. The summed E-state index contributed by atoms with van der Waals surface area (Å²) in [4.78, 5) is 0. The van der Waals surface area contributed by atoms with Gasteiger partial charge in [-0.05, 0) is 27.7 Å². The molecule has 0 unspecified atom stereocenters. The minimum absolute atomic E-state index is 0.210. The number of hydrogen-bond acceptors (Lipinski definition) is 6. The van der Waals surface area contributed by atoms with Crippen LogP contribution < -0.4 is 5.73 Å². The molecule has 7 nitrogen and oxygen atoms in total. The third-order valence-corrected chi connectivity index (χ3v) is 3.02. The zero-order chi connectivity index (χ0) is 15.4. The van der Waals surface area contributed by atoms with E-state index in [-0.39, 0.29) is 11.9 Å². The number of nitrogens with zero attached hydrogens (tertiary/aromatic N) is 3. The first-order chi connectivity index (χ1) is 8.52. The molecule has 0 amide bonds. The van der Waals surface area contributed by atoms with Gasteiger partial charge in [0.15, 0.2) is 15.7 Å². The monoisotopic (exact) mass is 285 g/mol. The van der Waals surface area contributed by atoms with Gasteiger partial charge in [0, 0.05) is 18.0 Å². The molecule has 3 N–H and O–H groups in total. The molecule has 0 rings (SSSR count). The summed E-state index contributed by atoms with van der Waals surface area (Å²) in [5, 5.41) is 21.7. The van der Waals surface area contributed by atoms with Crippen molar-refractivity contribution >= 4 is 21.4 Å². The van der Waals surface area contributed by atoms with Gasteiger partial charge < -0.3 is 5.73 Å². The quantitative estimate of drug-likeness (QED) is 0.342. The van der Waals surface area contributed by atoms with Gasteiger partial charge in [-0.2, -0.15) is 10.4 Å². The van der Waals surface area contributed by atoms with Crippen molar-refractivity contribution in [3.8, 4) is 6.07 Å². The Morgan fingerprint density at radius 3 is 2.16 bits per heavy atom. The van der Waals surface area contributed by atoms with Crippen molar-refractivity contribution in [3.63, 3.8) is 0 Å². The molecule has 0 saturated carbocycles. The highest BCUT2D eigenvalue weighted by atomic mass is 32.2. The van der Waals surface area contributed by atoms with E-state index < -0.39 is 20.4 Å². The van der Waals surface area contributed by atoms with Crippen LogP contribution in [0.1, 0.15) is 27.7 Å². The van der Waals surface area contributed by atoms with Gasteiger partial charge in [0.25, 0.3) is 0 Å². The van der Waals surface area contributed by atoms with Crippen molar-refractivity contribution < 1.29 is 8.42 Å². The lowest BCUT2D eigenvalue weighted by Crippen LogP contribution is -2.35. The molecule has 0 fully saturated rings. The van der Waals surface area contributed by atoms with Crippen molar-refractivity contribution in [2.24, 2.45) is 10.8 Å². The highest BCUT2D eigenvalue weighted by Gasteiger charge is 2.23. The fourth-order valence-electron chi connectivity index (χ4n) is 1.16. The van der Waals surface area contributed by atoms with Gasteiger partial charge in [-0.1, -0.05) is 0 Å². The molecule has 0 spiro atoms. The normalized spacial score (nSPS) is 12.5. The highest BCUT2D eigenvalue weighted by Crippen LogP contribution is 2.12. The Bertz CT molecular complexity index is 562. The van der Waals surface area contributed by atoms with Crippen molar-refractivity contribution in [1.82, 2.24) is 5.01 Å². The Morgan fingerprint density at radius 1 is 1.42 bits per heavy atom. The van der Waals surface area contributed by atoms with Gasteiger partial charge >= 0.3 is 0 Å². The van der Waals surface area contributed by atoms with Crippen LogP contribution in [0, 0.1) is 16.7 Å². The van der Waals surface area contributed by atoms with Gasteiger partial charge in [0.05, 0.1) is 0 Å². The average molecular weight is 285 g/mol. The molecule has 8 heteroatoms. The molecule has 0 atom stereocenters. The second kappa shape index (κ2) is 6.33. The molecular formula is C11H19N5O2S. The van der Waals surface area contributed by atoms with E-state index in [9.17, 15) is 8.42 Å². The molecule has 0 aliphatic heterocycles. The van der Waals surface area contributed by atoms with E-state index in [1.54, 1.807) is 33.8 Å². The number of rotatable bonds is 4. The summed E-state index contributed by atoms with van der Waals surface area (Å²) in [6.45, 7) is 7.01. The van der Waals surface area contributed by atoms with Crippen LogP contribution in [-0.4, -0.2) is 37.3 Å². The molecule has 0 radical (unpaired) electrons. The molecule has 0 saturated heterocycles. The Kier molecular flexibility index (Phi) is 5.71. The molecule has 0 heterocycles. The standard InChI is InChI=1S/C11H19N5O2S/c1-7(2)15-16(8(3)4)10(13)9(6-12)11(14)19(5,17)18/h8,13H,14H2,1-5H3. The summed E-state index contributed by atoms with van der Waals surface area (Å²) in [5.41, 5.74) is 5.70. The van der Waals surface area contributed by atoms with Crippen LogP contribution in [0.25, 0.3) is 0 Å². The Balaban J connectivity index is 5.86. The number of hydrazone groups is 1. The zero-order valence-electron chi connectivity index (χ0n) is 11.7. The highest BCUT2D eigenvalue weighted by molar-refractivity contribution is 7.94. The van der Waals surface area contributed by atoms with Crippen LogP contribution >= 0.6 is 0 Å². The molecule has 0 aromatic heterocycles. The smallest absolute Gasteiger partial charge is 0.191 e. The number of nitriles is 1. The molecule has 0 aliphatic carbocycles. The lowest BCUT2D eigenvalue weighted by Gasteiger charge is -2.24. The first kappa shape index (κ1) is 17.1. The van der Waals surface area contributed by atoms with Gasteiger partial charge in [-0.3, -0.25) is 5.41 Å². The third kappa shape index (κ3) is 4.71. The van der Waals surface area contributed by atoms with Crippen LogP contribution in [0.4, 0.5) is 0 Å². The van der Waals surface area contributed by atoms with Crippen LogP contribution in [0.3, 0.4) is 0 Å². The Morgan fingerprint density at radius 2 is 1.89 bits per heavy atom. The summed E-state index contributed by atoms with van der Waals surface area (Å²) >= 11 is 0. The van der Waals surface area contributed by atoms with E-state index in [0.29, 0.717) is 5.71 Å². The zero-order valence-corrected chi connectivity index (χ0v) is 12.5. The summed E-state index contributed by atoms with van der Waals surface area (Å²) < 4.78 is 22.7. The Labute approximate surface area is 113 Å². The molecule has 0 aromatic rings. The first-order valence-electron chi connectivity index (χ1n) is 5.52. The third-order valence-electron chi connectivity index (χ3n) is 2.02. The summed E-state index contributed by atoms with van der Waals surface area (Å²) in [5.74, 6) is -0.332. The van der Waals surface area contributed by atoms with E-state index in [2.05, 4.69) is 5.10 Å². The second-order valence-corrected chi connectivity index (χ2v) is 6.44. The molecule has 0 aliphatic rings. The molecule has 19 heavy (non-hydrogen) atoms. The summed E-state index contributed by atoms with van der Waals surface area (Å²) in [7, 11) is -3.73. The predicted octanol–water partition coefficient (Wildman–Crippen LogP) is 0.808. The molecule has 0 bridgehead atoms. The number of amidine groups is 1. The maximum Gasteiger partial charge on any atom is 0.191 e. The second-order valence-electron chi connectivity index (χ2n) is 4.46. The topological polar surface area (TPSA) is 123 Å².